The molecule has 0 saturated carbocycles. The summed E-state index contributed by atoms with van der Waals surface area (Å²) in [5.41, 5.74) is 2.10. The first kappa shape index (κ1) is 11.5. The molecule has 0 unspecified atom stereocenters. The van der Waals surface area contributed by atoms with Crippen molar-refractivity contribution in [3.8, 4) is 0 Å². The molecule has 3 nitrogen and oxygen atoms in total. The Hall–Kier alpha value is -2.55. The summed E-state index contributed by atoms with van der Waals surface area (Å²) in [7, 11) is 1.92. The zero-order valence-electron chi connectivity index (χ0n) is 10.5. The van der Waals surface area contributed by atoms with Gasteiger partial charge in [-0.15, -0.1) is 0 Å². The van der Waals surface area contributed by atoms with Crippen molar-refractivity contribution >= 4 is 17.6 Å². The molecule has 3 rings (SSSR count). The van der Waals surface area contributed by atoms with Gasteiger partial charge in [0.1, 0.15) is 7.05 Å². The third-order valence-electron chi connectivity index (χ3n) is 3.22. The van der Waals surface area contributed by atoms with Crippen LogP contribution < -0.4 is 4.57 Å². The lowest BCUT2D eigenvalue weighted by Crippen LogP contribution is -2.25. The number of carbonyl (C=O) groups excluding carboxylic acids is 2. The molecule has 92 valence electrons. The SMILES string of the molecule is C[n+]1ccc(C=C2C(=O)c3ccccc3C2=O)cc1. The molecule has 1 aliphatic carbocycles. The quantitative estimate of drug-likeness (QED) is 0.441. The number of benzene rings is 1. The van der Waals surface area contributed by atoms with Crippen LogP contribution in [0.25, 0.3) is 6.08 Å². The summed E-state index contributed by atoms with van der Waals surface area (Å²) >= 11 is 0. The number of ketones is 2. The lowest BCUT2D eigenvalue weighted by atomic mass is 10.1. The summed E-state index contributed by atoms with van der Waals surface area (Å²) < 4.78 is 1.90. The third kappa shape index (κ3) is 1.89. The summed E-state index contributed by atoms with van der Waals surface area (Å²) in [6.07, 6.45) is 5.41. The number of hydrogen-bond donors (Lipinski definition) is 0. The molecule has 0 saturated heterocycles. The highest BCUT2D eigenvalue weighted by Crippen LogP contribution is 2.27. The second kappa shape index (κ2) is 4.28. The Morgan fingerprint density at radius 2 is 1.42 bits per heavy atom. The van der Waals surface area contributed by atoms with Gasteiger partial charge >= 0.3 is 0 Å². The smallest absolute Gasteiger partial charge is 0.197 e. The van der Waals surface area contributed by atoms with Gasteiger partial charge in [-0.1, -0.05) is 24.3 Å². The molecule has 0 fully saturated rings. The molecule has 0 spiro atoms. The molecule has 1 heterocycles. The number of carbonyl (C=O) groups is 2. The highest BCUT2D eigenvalue weighted by molar-refractivity contribution is 6.41. The fourth-order valence-corrected chi connectivity index (χ4v) is 2.18. The summed E-state index contributed by atoms with van der Waals surface area (Å²) in [6, 6.07) is 10.7. The van der Waals surface area contributed by atoms with Crippen LogP contribution in [-0.4, -0.2) is 11.6 Å². The Morgan fingerprint density at radius 1 is 0.895 bits per heavy atom. The Morgan fingerprint density at radius 3 is 1.95 bits per heavy atom. The van der Waals surface area contributed by atoms with E-state index in [0.29, 0.717) is 11.1 Å². The largest absolute Gasteiger partial charge is 0.288 e. The molecule has 19 heavy (non-hydrogen) atoms. The zero-order valence-corrected chi connectivity index (χ0v) is 10.5. The molecule has 0 amide bonds. The van der Waals surface area contributed by atoms with Crippen LogP contribution in [0.15, 0.2) is 54.4 Å². The van der Waals surface area contributed by atoms with Gasteiger partial charge in [0.25, 0.3) is 0 Å². The van der Waals surface area contributed by atoms with Crippen molar-refractivity contribution in [2.24, 2.45) is 7.05 Å². The molecular weight excluding hydrogens is 238 g/mol. The average molecular weight is 250 g/mol. The lowest BCUT2D eigenvalue weighted by Gasteiger charge is -1.94. The van der Waals surface area contributed by atoms with Gasteiger partial charge in [-0.25, -0.2) is 4.57 Å². The van der Waals surface area contributed by atoms with Crippen molar-refractivity contribution in [2.75, 3.05) is 0 Å². The minimum Gasteiger partial charge on any atom is -0.288 e. The Kier molecular flexibility index (Phi) is 2.60. The van der Waals surface area contributed by atoms with E-state index >= 15 is 0 Å². The maximum atomic E-state index is 12.2. The monoisotopic (exact) mass is 250 g/mol. The van der Waals surface area contributed by atoms with Gasteiger partial charge in [0.15, 0.2) is 24.0 Å². The molecule has 0 radical (unpaired) electrons. The molecule has 0 N–H and O–H groups in total. The van der Waals surface area contributed by atoms with Gasteiger partial charge in [0, 0.05) is 23.3 Å². The van der Waals surface area contributed by atoms with Crippen LogP contribution in [0.5, 0.6) is 0 Å². The van der Waals surface area contributed by atoms with Gasteiger partial charge in [-0.05, 0) is 11.6 Å². The van der Waals surface area contributed by atoms with Crippen molar-refractivity contribution in [3.05, 3.63) is 71.1 Å². The number of fused-ring (bicyclic) bond motifs is 1. The summed E-state index contributed by atoms with van der Waals surface area (Å²) in [5.74, 6) is -0.373. The zero-order chi connectivity index (χ0) is 13.4. The Balaban J connectivity index is 2.07. The normalized spacial score (nSPS) is 13.6. The van der Waals surface area contributed by atoms with Gasteiger partial charge in [-0.3, -0.25) is 9.59 Å². The van der Waals surface area contributed by atoms with Crippen LogP contribution >= 0.6 is 0 Å². The molecule has 3 heteroatoms. The number of Topliss-reactive ketones (excluding diaryl/α,β-unsaturated/α-hetero) is 2. The van der Waals surface area contributed by atoms with E-state index in [1.807, 2.05) is 36.1 Å². The van der Waals surface area contributed by atoms with Crippen LogP contribution in [0.3, 0.4) is 0 Å². The van der Waals surface area contributed by atoms with Crippen molar-refractivity contribution < 1.29 is 14.2 Å². The summed E-state index contributed by atoms with van der Waals surface area (Å²) in [4.78, 5) is 24.4. The van der Waals surface area contributed by atoms with Crippen LogP contribution in [-0.2, 0) is 7.05 Å². The molecule has 1 aliphatic rings. The minimum absolute atomic E-state index is 0.186. The van der Waals surface area contributed by atoms with E-state index in [9.17, 15) is 9.59 Å². The number of nitrogens with zero attached hydrogens (tertiary/aromatic N) is 1. The van der Waals surface area contributed by atoms with E-state index in [1.54, 1.807) is 30.3 Å². The lowest BCUT2D eigenvalue weighted by molar-refractivity contribution is -0.671. The Labute approximate surface area is 110 Å². The van der Waals surface area contributed by atoms with Gasteiger partial charge in [0.2, 0.25) is 0 Å². The number of allylic oxidation sites excluding steroid dienone is 1. The van der Waals surface area contributed by atoms with Crippen molar-refractivity contribution in [1.29, 1.82) is 0 Å². The predicted octanol–water partition coefficient (Wildman–Crippen LogP) is 1.97. The van der Waals surface area contributed by atoms with Gasteiger partial charge in [-0.2, -0.15) is 0 Å². The van der Waals surface area contributed by atoms with Crippen molar-refractivity contribution in [2.45, 2.75) is 0 Å². The number of hydrogen-bond acceptors (Lipinski definition) is 2. The molecule has 2 aromatic rings. The van der Waals surface area contributed by atoms with Crippen molar-refractivity contribution in [1.82, 2.24) is 0 Å². The van der Waals surface area contributed by atoms with Crippen LogP contribution in [0.2, 0.25) is 0 Å². The molecule has 0 bridgehead atoms. The van der Waals surface area contributed by atoms with E-state index in [2.05, 4.69) is 0 Å². The average Bonchev–Trinajstić information content (AvgIpc) is 2.67. The maximum Gasteiger partial charge on any atom is 0.197 e. The molecular formula is C16H12NO2+. The minimum atomic E-state index is -0.186. The highest BCUT2D eigenvalue weighted by Gasteiger charge is 2.32. The summed E-state index contributed by atoms with van der Waals surface area (Å²) in [5, 5.41) is 0. The highest BCUT2D eigenvalue weighted by atomic mass is 16.2. The van der Waals surface area contributed by atoms with Crippen molar-refractivity contribution in [3.63, 3.8) is 0 Å². The first-order chi connectivity index (χ1) is 9.16. The molecule has 1 aromatic heterocycles. The van der Waals surface area contributed by atoms with Gasteiger partial charge in [0.05, 0.1) is 5.57 Å². The van der Waals surface area contributed by atoms with Gasteiger partial charge < -0.3 is 0 Å². The van der Waals surface area contributed by atoms with E-state index in [0.717, 1.165) is 5.56 Å². The number of pyridine rings is 1. The predicted molar refractivity (Wildman–Crippen MR) is 70.7 cm³/mol. The fraction of sp³-hybridized carbons (Fsp3) is 0.0625. The molecule has 1 aromatic carbocycles. The number of aromatic nitrogens is 1. The first-order valence-corrected chi connectivity index (χ1v) is 6.02. The Bertz CT molecular complexity index is 675. The van der Waals surface area contributed by atoms with E-state index in [4.69, 9.17) is 0 Å². The fourth-order valence-electron chi connectivity index (χ4n) is 2.18. The molecule has 0 atom stereocenters. The third-order valence-corrected chi connectivity index (χ3v) is 3.22. The number of aryl methyl sites for hydroxylation is 1. The van der Waals surface area contributed by atoms with E-state index < -0.39 is 0 Å². The second-order valence-corrected chi connectivity index (χ2v) is 4.56. The number of rotatable bonds is 1. The standard InChI is InChI=1S/C16H12NO2/c1-17-8-6-11(7-9-17)10-14-15(18)12-4-2-3-5-13(12)16(14)19/h2-10H,1H3/q+1. The topological polar surface area (TPSA) is 38.0 Å². The molecule has 0 aliphatic heterocycles. The first-order valence-electron chi connectivity index (χ1n) is 6.02. The van der Waals surface area contributed by atoms with E-state index in [-0.39, 0.29) is 17.1 Å². The second-order valence-electron chi connectivity index (χ2n) is 4.56. The van der Waals surface area contributed by atoms with E-state index in [1.165, 1.54) is 0 Å². The maximum absolute atomic E-state index is 12.2. The van der Waals surface area contributed by atoms with Crippen LogP contribution in [0.4, 0.5) is 0 Å². The summed E-state index contributed by atoms with van der Waals surface area (Å²) in [6.45, 7) is 0. The van der Waals surface area contributed by atoms with Crippen LogP contribution in [0.1, 0.15) is 26.3 Å². The van der Waals surface area contributed by atoms with Crippen LogP contribution in [0, 0.1) is 0 Å².